The molecule has 2 aromatic carbocycles. The van der Waals surface area contributed by atoms with Crippen LogP contribution < -0.4 is 16.2 Å². The molecule has 8 heteroatoms. The van der Waals surface area contributed by atoms with Crippen molar-refractivity contribution in [2.24, 2.45) is 0 Å². The van der Waals surface area contributed by atoms with Crippen molar-refractivity contribution in [1.29, 1.82) is 0 Å². The predicted octanol–water partition coefficient (Wildman–Crippen LogP) is 2.99. The largest absolute Gasteiger partial charge is 0.472 e. The van der Waals surface area contributed by atoms with E-state index in [2.05, 4.69) is 21.2 Å². The fourth-order valence-electron chi connectivity index (χ4n) is 3.13. The van der Waals surface area contributed by atoms with Gasteiger partial charge < -0.3 is 9.73 Å². The van der Waals surface area contributed by atoms with E-state index in [0.29, 0.717) is 27.7 Å². The number of hydrogen-bond acceptors (Lipinski definition) is 5. The van der Waals surface area contributed by atoms with E-state index in [9.17, 15) is 14.4 Å². The molecule has 0 fully saturated rings. The summed E-state index contributed by atoms with van der Waals surface area (Å²) < 4.78 is 4.83. The smallest absolute Gasteiger partial charge is 0.270 e. The molecule has 160 valence electrons. The van der Waals surface area contributed by atoms with Gasteiger partial charge in [0.05, 0.1) is 35.1 Å². The number of fused-ring (bicyclic) bond motifs is 1. The Hall–Kier alpha value is -4.46. The van der Waals surface area contributed by atoms with E-state index < -0.39 is 17.7 Å². The third-order valence-corrected chi connectivity index (χ3v) is 4.82. The Morgan fingerprint density at radius 1 is 0.938 bits per heavy atom. The first-order chi connectivity index (χ1) is 15.5. The number of aromatic nitrogens is 1. The average molecular weight is 428 g/mol. The number of rotatable bonds is 5. The van der Waals surface area contributed by atoms with Crippen LogP contribution in [0.2, 0.25) is 0 Å². The first-order valence-corrected chi connectivity index (χ1v) is 9.87. The van der Waals surface area contributed by atoms with Crippen LogP contribution in [-0.2, 0) is 4.79 Å². The second kappa shape index (κ2) is 9.13. The van der Waals surface area contributed by atoms with E-state index in [1.807, 2.05) is 49.4 Å². The Morgan fingerprint density at radius 3 is 2.47 bits per heavy atom. The number of aryl methyl sites for hydroxylation is 1. The topological polar surface area (TPSA) is 113 Å². The second-order valence-corrected chi connectivity index (χ2v) is 7.14. The van der Waals surface area contributed by atoms with Gasteiger partial charge in [-0.15, -0.1) is 0 Å². The monoisotopic (exact) mass is 428 g/mol. The average Bonchev–Trinajstić information content (AvgIpc) is 3.36. The summed E-state index contributed by atoms with van der Waals surface area (Å²) >= 11 is 0. The highest BCUT2D eigenvalue weighted by Crippen LogP contribution is 2.25. The molecule has 0 saturated heterocycles. The molecule has 8 nitrogen and oxygen atoms in total. The quantitative estimate of drug-likeness (QED) is 0.423. The molecule has 32 heavy (non-hydrogen) atoms. The van der Waals surface area contributed by atoms with Crippen LogP contribution in [0.15, 0.2) is 77.6 Å². The van der Waals surface area contributed by atoms with E-state index in [0.717, 1.165) is 11.1 Å². The van der Waals surface area contributed by atoms with Crippen molar-refractivity contribution in [2.45, 2.75) is 6.92 Å². The van der Waals surface area contributed by atoms with Crippen molar-refractivity contribution in [3.05, 3.63) is 89.9 Å². The van der Waals surface area contributed by atoms with Gasteiger partial charge in [-0.1, -0.05) is 48.0 Å². The van der Waals surface area contributed by atoms with E-state index in [-0.39, 0.29) is 6.54 Å². The Morgan fingerprint density at radius 2 is 1.72 bits per heavy atom. The lowest BCUT2D eigenvalue weighted by Crippen LogP contribution is -2.46. The third-order valence-electron chi connectivity index (χ3n) is 4.82. The lowest BCUT2D eigenvalue weighted by atomic mass is 10.0. The number of nitrogens with one attached hydrogen (secondary N) is 3. The molecule has 0 saturated carbocycles. The second-order valence-electron chi connectivity index (χ2n) is 7.14. The molecule has 0 bridgehead atoms. The van der Waals surface area contributed by atoms with Crippen LogP contribution in [0, 0.1) is 6.92 Å². The number of furan rings is 1. The summed E-state index contributed by atoms with van der Waals surface area (Å²) in [5.74, 6) is -1.53. The fraction of sp³-hybridized carbons (Fsp3) is 0.0833. The van der Waals surface area contributed by atoms with Gasteiger partial charge in [-0.25, -0.2) is 4.98 Å². The van der Waals surface area contributed by atoms with Crippen LogP contribution >= 0.6 is 0 Å². The zero-order valence-corrected chi connectivity index (χ0v) is 17.2. The molecule has 4 aromatic rings. The molecule has 0 unspecified atom stereocenters. The van der Waals surface area contributed by atoms with Gasteiger partial charge in [-0.3, -0.25) is 25.2 Å². The van der Waals surface area contributed by atoms with E-state index in [4.69, 9.17) is 4.42 Å². The number of carbonyl (C=O) groups is 3. The maximum absolute atomic E-state index is 12.9. The van der Waals surface area contributed by atoms with Gasteiger partial charge in [0.15, 0.2) is 0 Å². The summed E-state index contributed by atoms with van der Waals surface area (Å²) in [6, 6.07) is 18.3. The normalized spacial score (nSPS) is 10.5. The zero-order valence-electron chi connectivity index (χ0n) is 17.2. The van der Waals surface area contributed by atoms with Crippen LogP contribution in [0.3, 0.4) is 0 Å². The minimum Gasteiger partial charge on any atom is -0.472 e. The Balaban J connectivity index is 1.48. The van der Waals surface area contributed by atoms with E-state index >= 15 is 0 Å². The minimum atomic E-state index is -0.577. The van der Waals surface area contributed by atoms with Gasteiger partial charge in [-0.05, 0) is 25.1 Å². The van der Waals surface area contributed by atoms with Crippen LogP contribution in [0.1, 0.15) is 26.3 Å². The van der Waals surface area contributed by atoms with Crippen molar-refractivity contribution in [1.82, 2.24) is 21.2 Å². The van der Waals surface area contributed by atoms with Crippen molar-refractivity contribution in [3.8, 4) is 11.3 Å². The van der Waals surface area contributed by atoms with Crippen molar-refractivity contribution in [2.75, 3.05) is 6.54 Å². The number of para-hydroxylation sites is 1. The van der Waals surface area contributed by atoms with Crippen molar-refractivity contribution >= 4 is 28.6 Å². The van der Waals surface area contributed by atoms with Gasteiger partial charge in [0.25, 0.3) is 17.7 Å². The Bertz CT molecular complexity index is 1280. The summed E-state index contributed by atoms with van der Waals surface area (Å²) in [4.78, 5) is 41.5. The van der Waals surface area contributed by atoms with Crippen molar-refractivity contribution in [3.63, 3.8) is 0 Å². The highest BCUT2D eigenvalue weighted by molar-refractivity contribution is 6.07. The van der Waals surface area contributed by atoms with Crippen LogP contribution in [-0.4, -0.2) is 29.3 Å². The van der Waals surface area contributed by atoms with Crippen LogP contribution in [0.25, 0.3) is 22.2 Å². The number of nitrogens with zero attached hydrogens (tertiary/aromatic N) is 1. The Labute approximate surface area is 183 Å². The lowest BCUT2D eigenvalue weighted by molar-refractivity contribution is -0.120. The summed E-state index contributed by atoms with van der Waals surface area (Å²) in [7, 11) is 0. The van der Waals surface area contributed by atoms with Gasteiger partial charge in [0.1, 0.15) is 6.26 Å². The standard InChI is InChI=1S/C24H20N4O4/c1-15-6-8-16(9-7-15)21-12-19(18-4-2-3-5-20(18)26-21)24(31)28-27-22(29)13-25-23(30)17-10-11-32-14-17/h2-12,14H,13H2,1H3,(H,25,30)(H,27,29)(H,28,31). The number of carbonyl (C=O) groups excluding carboxylic acids is 3. The zero-order chi connectivity index (χ0) is 22.5. The summed E-state index contributed by atoms with van der Waals surface area (Å²) in [6.07, 6.45) is 2.63. The van der Waals surface area contributed by atoms with Gasteiger partial charge in [0, 0.05) is 10.9 Å². The number of hydrazine groups is 1. The highest BCUT2D eigenvalue weighted by Gasteiger charge is 2.15. The van der Waals surface area contributed by atoms with Gasteiger partial charge in [0.2, 0.25) is 0 Å². The summed E-state index contributed by atoms with van der Waals surface area (Å²) in [5, 5.41) is 3.10. The van der Waals surface area contributed by atoms with Gasteiger partial charge in [-0.2, -0.15) is 0 Å². The fourth-order valence-corrected chi connectivity index (χ4v) is 3.13. The minimum absolute atomic E-state index is 0.300. The molecular formula is C24H20N4O4. The molecule has 0 atom stereocenters. The molecular weight excluding hydrogens is 408 g/mol. The number of amides is 3. The molecule has 2 aromatic heterocycles. The number of pyridine rings is 1. The molecule has 4 rings (SSSR count). The first-order valence-electron chi connectivity index (χ1n) is 9.87. The van der Waals surface area contributed by atoms with Crippen LogP contribution in [0.4, 0.5) is 0 Å². The maximum atomic E-state index is 12.9. The van der Waals surface area contributed by atoms with Gasteiger partial charge >= 0.3 is 0 Å². The summed E-state index contributed by atoms with van der Waals surface area (Å²) in [5.41, 5.74) is 8.69. The van der Waals surface area contributed by atoms with E-state index in [1.165, 1.54) is 18.6 Å². The molecule has 0 aliphatic heterocycles. The predicted molar refractivity (Wildman–Crippen MR) is 119 cm³/mol. The molecule has 0 aliphatic carbocycles. The number of benzene rings is 2. The SMILES string of the molecule is Cc1ccc(-c2cc(C(=O)NNC(=O)CNC(=O)c3ccoc3)c3ccccc3n2)cc1. The molecule has 2 heterocycles. The molecule has 0 aliphatic rings. The summed E-state index contributed by atoms with van der Waals surface area (Å²) in [6.45, 7) is 1.69. The lowest BCUT2D eigenvalue weighted by Gasteiger charge is -2.12. The van der Waals surface area contributed by atoms with E-state index in [1.54, 1.807) is 12.1 Å². The highest BCUT2D eigenvalue weighted by atomic mass is 16.3. The number of hydrogen-bond donors (Lipinski definition) is 3. The Kier molecular flexibility index (Phi) is 5.94. The van der Waals surface area contributed by atoms with Crippen molar-refractivity contribution < 1.29 is 18.8 Å². The molecule has 0 radical (unpaired) electrons. The first kappa shape index (κ1) is 20.8. The molecule has 0 spiro atoms. The molecule has 3 amide bonds. The third kappa shape index (κ3) is 4.65. The van der Waals surface area contributed by atoms with Crippen LogP contribution in [0.5, 0.6) is 0 Å². The molecule has 3 N–H and O–H groups in total. The maximum Gasteiger partial charge on any atom is 0.270 e.